The van der Waals surface area contributed by atoms with E-state index < -0.39 is 33.7 Å². The Kier molecular flexibility index (Phi) is 8.82. The summed E-state index contributed by atoms with van der Waals surface area (Å²) in [6.45, 7) is 2.08. The van der Waals surface area contributed by atoms with E-state index in [-0.39, 0.29) is 0 Å². The number of unbranched alkanes of at least 4 members (excludes halogenated alkanes) is 4. The number of hydrogen-bond acceptors (Lipinski definition) is 5. The van der Waals surface area contributed by atoms with Gasteiger partial charge in [-0.15, -0.1) is 0 Å². The van der Waals surface area contributed by atoms with Crippen molar-refractivity contribution < 1.29 is 32.4 Å². The van der Waals surface area contributed by atoms with E-state index in [0.29, 0.717) is 6.42 Å². The lowest BCUT2D eigenvalue weighted by atomic mass is 10.1. The van der Waals surface area contributed by atoms with Crippen LogP contribution in [0.3, 0.4) is 0 Å². The summed E-state index contributed by atoms with van der Waals surface area (Å²) in [7, 11) is -4.80. The lowest BCUT2D eigenvalue weighted by Gasteiger charge is -2.08. The minimum Gasteiger partial charge on any atom is -0.481 e. The van der Waals surface area contributed by atoms with E-state index in [1.54, 1.807) is 6.08 Å². The first kappa shape index (κ1) is 18.6. The van der Waals surface area contributed by atoms with Gasteiger partial charge in [-0.2, -0.15) is 8.42 Å². The van der Waals surface area contributed by atoms with Gasteiger partial charge in [0.1, 0.15) is 0 Å². The number of carbonyl (C=O) groups excluding carboxylic acids is 1. The molecule has 2 N–H and O–H groups in total. The average Bonchev–Trinajstić information content (AvgIpc) is 2.33. The highest BCUT2D eigenvalue weighted by Gasteiger charge is 2.34. The summed E-state index contributed by atoms with van der Waals surface area (Å²) in [4.78, 5) is 21.8. The monoisotopic (exact) mass is 308 g/mol. The van der Waals surface area contributed by atoms with Gasteiger partial charge in [0.05, 0.1) is 12.7 Å². The van der Waals surface area contributed by atoms with E-state index in [9.17, 15) is 18.0 Å². The molecule has 0 amide bonds. The van der Waals surface area contributed by atoms with E-state index in [2.05, 4.69) is 11.7 Å². The maximum atomic E-state index is 11.4. The van der Waals surface area contributed by atoms with Crippen LogP contribution in [0.15, 0.2) is 12.3 Å². The van der Waals surface area contributed by atoms with Crippen molar-refractivity contribution in [3.05, 3.63) is 12.3 Å². The molecule has 0 aliphatic rings. The third-order valence-electron chi connectivity index (χ3n) is 2.49. The number of hydrogen-bond donors (Lipinski definition) is 2. The highest BCUT2D eigenvalue weighted by Crippen LogP contribution is 2.08. The van der Waals surface area contributed by atoms with Gasteiger partial charge in [0, 0.05) is 0 Å². The van der Waals surface area contributed by atoms with E-state index in [0.717, 1.165) is 31.9 Å². The smallest absolute Gasteiger partial charge is 0.332 e. The predicted octanol–water partition coefficient (Wildman–Crippen LogP) is 1.74. The molecule has 0 heterocycles. The summed E-state index contributed by atoms with van der Waals surface area (Å²) in [5.74, 6) is -2.83. The molecule has 0 radical (unpaired) electrons. The summed E-state index contributed by atoms with van der Waals surface area (Å²) in [6.07, 6.45) is 6.37. The third kappa shape index (κ3) is 8.65. The molecule has 0 aliphatic carbocycles. The maximum Gasteiger partial charge on any atom is 0.332 e. The van der Waals surface area contributed by atoms with Crippen molar-refractivity contribution in [3.63, 3.8) is 0 Å². The predicted molar refractivity (Wildman–Crippen MR) is 71.6 cm³/mol. The molecule has 0 spiro atoms. The number of carboxylic acid groups (broad SMARTS) is 1. The van der Waals surface area contributed by atoms with Crippen LogP contribution in [-0.2, 0) is 24.4 Å². The number of carbonyl (C=O) groups is 2. The standard InChI is InChI=1S/C12H20O7S/c1-2-3-4-5-6-7-8-19-12(15)10(9-11(13)14)20(16,17)18/h7-8,10H,2-6,9H2,1H3,(H,13,14)(H,16,17,18). The molecule has 0 saturated heterocycles. The lowest BCUT2D eigenvalue weighted by molar-refractivity contribution is -0.143. The molecule has 0 aromatic carbocycles. The van der Waals surface area contributed by atoms with Crippen molar-refractivity contribution in [1.29, 1.82) is 0 Å². The molecule has 0 aromatic heterocycles. The molecule has 0 aliphatic heterocycles. The van der Waals surface area contributed by atoms with Gasteiger partial charge >= 0.3 is 11.9 Å². The average molecular weight is 308 g/mol. The van der Waals surface area contributed by atoms with Crippen LogP contribution in [0.1, 0.15) is 45.4 Å². The Morgan fingerprint density at radius 3 is 2.40 bits per heavy atom. The van der Waals surface area contributed by atoms with Crippen LogP contribution in [0.4, 0.5) is 0 Å². The van der Waals surface area contributed by atoms with Crippen LogP contribution in [0.25, 0.3) is 0 Å². The fourth-order valence-corrected chi connectivity index (χ4v) is 2.07. The van der Waals surface area contributed by atoms with Crippen LogP contribution in [-0.4, -0.2) is 35.3 Å². The normalized spacial score (nSPS) is 13.3. The fraction of sp³-hybridized carbons (Fsp3) is 0.667. The third-order valence-corrected chi connectivity index (χ3v) is 3.57. The van der Waals surface area contributed by atoms with E-state index in [4.69, 9.17) is 9.66 Å². The molecular formula is C12H20O7S. The van der Waals surface area contributed by atoms with Crippen LogP contribution in [0.5, 0.6) is 0 Å². The highest BCUT2D eigenvalue weighted by atomic mass is 32.2. The lowest BCUT2D eigenvalue weighted by Crippen LogP contribution is -2.33. The van der Waals surface area contributed by atoms with Crippen molar-refractivity contribution >= 4 is 22.1 Å². The van der Waals surface area contributed by atoms with E-state index in [1.165, 1.54) is 0 Å². The van der Waals surface area contributed by atoms with Crippen molar-refractivity contribution in [2.75, 3.05) is 0 Å². The molecule has 0 saturated carbocycles. The second-order valence-electron chi connectivity index (χ2n) is 4.26. The van der Waals surface area contributed by atoms with Gasteiger partial charge in [-0.25, -0.2) is 0 Å². The second-order valence-corrected chi connectivity index (χ2v) is 5.86. The van der Waals surface area contributed by atoms with Crippen LogP contribution in [0, 0.1) is 0 Å². The minimum absolute atomic E-state index is 0.669. The van der Waals surface area contributed by atoms with Crippen molar-refractivity contribution in [1.82, 2.24) is 0 Å². The summed E-state index contributed by atoms with van der Waals surface area (Å²) in [6, 6.07) is 0. The molecule has 8 heteroatoms. The zero-order valence-electron chi connectivity index (χ0n) is 11.3. The number of ether oxygens (including phenoxy) is 1. The Hall–Kier alpha value is -1.41. The Balaban J connectivity index is 4.27. The van der Waals surface area contributed by atoms with Gasteiger partial charge in [0.2, 0.25) is 0 Å². The molecular weight excluding hydrogens is 288 g/mol. The molecule has 0 fully saturated rings. The molecule has 116 valence electrons. The summed E-state index contributed by atoms with van der Waals surface area (Å²) in [5.41, 5.74) is 0. The van der Waals surface area contributed by atoms with Gasteiger partial charge < -0.3 is 9.84 Å². The molecule has 1 unspecified atom stereocenters. The largest absolute Gasteiger partial charge is 0.481 e. The van der Waals surface area contributed by atoms with E-state index >= 15 is 0 Å². The van der Waals surface area contributed by atoms with Crippen LogP contribution >= 0.6 is 0 Å². The summed E-state index contributed by atoms with van der Waals surface area (Å²) in [5, 5.41) is 6.38. The molecule has 0 rings (SSSR count). The Labute approximate surface area is 118 Å². The highest BCUT2D eigenvalue weighted by molar-refractivity contribution is 7.87. The molecule has 0 aromatic rings. The van der Waals surface area contributed by atoms with Gasteiger partial charge in [-0.05, 0) is 18.9 Å². The molecule has 0 bridgehead atoms. The first-order valence-corrected chi connectivity index (χ1v) is 7.83. The summed E-state index contributed by atoms with van der Waals surface area (Å²) < 4.78 is 35.1. The first-order valence-electron chi connectivity index (χ1n) is 6.32. The zero-order chi connectivity index (χ0) is 15.6. The summed E-state index contributed by atoms with van der Waals surface area (Å²) >= 11 is 0. The van der Waals surface area contributed by atoms with E-state index in [1.807, 2.05) is 0 Å². The van der Waals surface area contributed by atoms with Crippen molar-refractivity contribution in [2.24, 2.45) is 0 Å². The minimum atomic E-state index is -4.80. The number of esters is 1. The van der Waals surface area contributed by atoms with Gasteiger partial charge in [0.15, 0.2) is 5.25 Å². The zero-order valence-corrected chi connectivity index (χ0v) is 12.1. The maximum absolute atomic E-state index is 11.4. The Morgan fingerprint density at radius 2 is 1.90 bits per heavy atom. The van der Waals surface area contributed by atoms with Crippen LogP contribution < -0.4 is 0 Å². The van der Waals surface area contributed by atoms with Gasteiger partial charge in [0.25, 0.3) is 10.1 Å². The molecule has 1 atom stereocenters. The van der Waals surface area contributed by atoms with Crippen molar-refractivity contribution in [3.8, 4) is 0 Å². The molecule has 7 nitrogen and oxygen atoms in total. The quantitative estimate of drug-likeness (QED) is 0.273. The first-order chi connectivity index (χ1) is 9.29. The second kappa shape index (κ2) is 9.49. The molecule has 20 heavy (non-hydrogen) atoms. The van der Waals surface area contributed by atoms with Gasteiger partial charge in [-0.1, -0.05) is 26.2 Å². The van der Waals surface area contributed by atoms with Crippen molar-refractivity contribution in [2.45, 2.75) is 50.7 Å². The van der Waals surface area contributed by atoms with Gasteiger partial charge in [-0.3, -0.25) is 14.1 Å². The number of aliphatic carboxylic acids is 1. The van der Waals surface area contributed by atoms with Crippen LogP contribution in [0.2, 0.25) is 0 Å². The topological polar surface area (TPSA) is 118 Å². The number of carboxylic acids is 1. The Morgan fingerprint density at radius 1 is 1.25 bits per heavy atom. The number of allylic oxidation sites excluding steroid dienone is 1. The SMILES string of the molecule is CCCCCCC=COC(=O)C(CC(=O)O)S(=O)(=O)O. The fourth-order valence-electron chi connectivity index (χ4n) is 1.42. The Bertz CT molecular complexity index is 439. The number of rotatable bonds is 10.